The van der Waals surface area contributed by atoms with Crippen LogP contribution in [-0.2, 0) is 4.79 Å². The normalized spacial score (nSPS) is 14.2. The molecule has 0 bridgehead atoms. The van der Waals surface area contributed by atoms with Gasteiger partial charge in [-0.05, 0) is 55.0 Å². The summed E-state index contributed by atoms with van der Waals surface area (Å²) in [6.45, 7) is 1.83. The first-order chi connectivity index (χ1) is 15.0. The van der Waals surface area contributed by atoms with E-state index in [1.807, 2.05) is 24.3 Å². The van der Waals surface area contributed by atoms with Crippen LogP contribution in [0.4, 0.5) is 14.5 Å². The predicted molar refractivity (Wildman–Crippen MR) is 115 cm³/mol. The summed E-state index contributed by atoms with van der Waals surface area (Å²) in [5.41, 5.74) is 1.76. The van der Waals surface area contributed by atoms with Gasteiger partial charge in [0.1, 0.15) is 5.75 Å². The van der Waals surface area contributed by atoms with E-state index in [9.17, 15) is 13.6 Å². The summed E-state index contributed by atoms with van der Waals surface area (Å²) in [6, 6.07) is 12.4. The standard InChI is InChI=1S/C23H26F2N2O4/c1-3-30-21-16-17(4-10-20(21)31-23(24)25)5-11-22(28)27-14-12-26(13-15-27)18-6-8-19(29-2)9-7-18/h4-11,16,23H,3,12-15H2,1-2H3/b11-5+. The zero-order chi connectivity index (χ0) is 22.2. The van der Waals surface area contributed by atoms with E-state index < -0.39 is 6.61 Å². The van der Waals surface area contributed by atoms with E-state index in [1.54, 1.807) is 37.1 Å². The van der Waals surface area contributed by atoms with E-state index in [2.05, 4.69) is 9.64 Å². The van der Waals surface area contributed by atoms with Crippen LogP contribution in [0.25, 0.3) is 6.08 Å². The largest absolute Gasteiger partial charge is 0.497 e. The fraction of sp³-hybridized carbons (Fsp3) is 0.348. The van der Waals surface area contributed by atoms with Gasteiger partial charge in [0.2, 0.25) is 5.91 Å². The Bertz CT molecular complexity index is 895. The number of halogens is 2. The number of piperazine rings is 1. The van der Waals surface area contributed by atoms with Crippen LogP contribution in [0.5, 0.6) is 17.2 Å². The molecule has 1 amide bonds. The smallest absolute Gasteiger partial charge is 0.387 e. The van der Waals surface area contributed by atoms with Crippen LogP contribution >= 0.6 is 0 Å². The third-order valence-corrected chi connectivity index (χ3v) is 4.93. The molecule has 0 saturated carbocycles. The quantitative estimate of drug-likeness (QED) is 0.589. The third kappa shape index (κ3) is 6.10. The maximum Gasteiger partial charge on any atom is 0.387 e. The van der Waals surface area contributed by atoms with Gasteiger partial charge < -0.3 is 24.0 Å². The Morgan fingerprint density at radius 1 is 1.06 bits per heavy atom. The fourth-order valence-electron chi connectivity index (χ4n) is 3.34. The Balaban J connectivity index is 1.58. The first kappa shape index (κ1) is 22.4. The van der Waals surface area contributed by atoms with Gasteiger partial charge in [0, 0.05) is 37.9 Å². The van der Waals surface area contributed by atoms with E-state index in [1.165, 1.54) is 12.1 Å². The summed E-state index contributed by atoms with van der Waals surface area (Å²) in [6.07, 6.45) is 3.13. The number of benzene rings is 2. The topological polar surface area (TPSA) is 51.2 Å². The van der Waals surface area contributed by atoms with Crippen molar-refractivity contribution in [3.8, 4) is 17.2 Å². The number of alkyl halides is 2. The zero-order valence-corrected chi connectivity index (χ0v) is 17.6. The minimum atomic E-state index is -2.93. The molecule has 0 aromatic heterocycles. The van der Waals surface area contributed by atoms with E-state index >= 15 is 0 Å². The lowest BCUT2D eigenvalue weighted by Gasteiger charge is -2.35. The monoisotopic (exact) mass is 432 g/mol. The number of anilines is 1. The van der Waals surface area contributed by atoms with Crippen LogP contribution in [0.2, 0.25) is 0 Å². The summed E-state index contributed by atoms with van der Waals surface area (Å²) in [7, 11) is 1.64. The van der Waals surface area contributed by atoms with Gasteiger partial charge in [-0.1, -0.05) is 6.07 Å². The summed E-state index contributed by atoms with van der Waals surface area (Å²) in [5, 5.41) is 0. The summed E-state index contributed by atoms with van der Waals surface area (Å²) in [4.78, 5) is 16.6. The van der Waals surface area contributed by atoms with Crippen LogP contribution in [0, 0.1) is 0 Å². The minimum absolute atomic E-state index is 0.0324. The van der Waals surface area contributed by atoms with Crippen LogP contribution in [-0.4, -0.2) is 57.3 Å². The number of ether oxygens (including phenoxy) is 3. The Labute approximate surface area is 180 Å². The second kappa shape index (κ2) is 10.7. The highest BCUT2D eigenvalue weighted by molar-refractivity contribution is 5.92. The molecule has 2 aromatic rings. The van der Waals surface area contributed by atoms with E-state index in [4.69, 9.17) is 9.47 Å². The number of hydrogen-bond donors (Lipinski definition) is 0. The molecule has 0 atom stereocenters. The van der Waals surface area contributed by atoms with Crippen molar-refractivity contribution in [2.45, 2.75) is 13.5 Å². The predicted octanol–water partition coefficient (Wildman–Crippen LogP) is 4.06. The number of rotatable bonds is 8. The van der Waals surface area contributed by atoms with Crippen LogP contribution in [0.3, 0.4) is 0 Å². The van der Waals surface area contributed by atoms with Gasteiger partial charge in [-0.3, -0.25) is 4.79 Å². The Morgan fingerprint density at radius 3 is 2.39 bits per heavy atom. The van der Waals surface area contributed by atoms with Gasteiger partial charge in [-0.15, -0.1) is 0 Å². The molecule has 3 rings (SSSR count). The summed E-state index contributed by atoms with van der Waals surface area (Å²) in [5.74, 6) is 0.893. The molecule has 1 heterocycles. The highest BCUT2D eigenvalue weighted by Crippen LogP contribution is 2.30. The molecule has 8 heteroatoms. The van der Waals surface area contributed by atoms with Crippen molar-refractivity contribution in [2.75, 3.05) is 44.8 Å². The van der Waals surface area contributed by atoms with E-state index in [0.29, 0.717) is 25.3 Å². The highest BCUT2D eigenvalue weighted by Gasteiger charge is 2.20. The van der Waals surface area contributed by atoms with Crippen LogP contribution < -0.4 is 19.1 Å². The average molecular weight is 432 g/mol. The zero-order valence-electron chi connectivity index (χ0n) is 17.6. The van der Waals surface area contributed by atoms with Crippen molar-refractivity contribution in [2.24, 2.45) is 0 Å². The van der Waals surface area contributed by atoms with Crippen molar-refractivity contribution in [1.82, 2.24) is 4.90 Å². The summed E-state index contributed by atoms with van der Waals surface area (Å²) >= 11 is 0. The van der Waals surface area contributed by atoms with Crippen LogP contribution in [0.1, 0.15) is 12.5 Å². The van der Waals surface area contributed by atoms with Crippen molar-refractivity contribution >= 4 is 17.7 Å². The minimum Gasteiger partial charge on any atom is -0.497 e. The Hall–Kier alpha value is -3.29. The van der Waals surface area contributed by atoms with Gasteiger partial charge in [0.25, 0.3) is 0 Å². The molecular weight excluding hydrogens is 406 g/mol. The number of carbonyl (C=O) groups is 1. The molecule has 0 spiro atoms. The molecule has 0 N–H and O–H groups in total. The van der Waals surface area contributed by atoms with Gasteiger partial charge in [-0.2, -0.15) is 8.78 Å². The molecule has 0 unspecified atom stereocenters. The third-order valence-electron chi connectivity index (χ3n) is 4.93. The maximum atomic E-state index is 12.6. The SMILES string of the molecule is CCOc1cc(/C=C/C(=O)N2CCN(c3ccc(OC)cc3)CC2)ccc1OC(F)F. The molecule has 0 radical (unpaired) electrons. The summed E-state index contributed by atoms with van der Waals surface area (Å²) < 4.78 is 40.1. The molecule has 6 nitrogen and oxygen atoms in total. The van der Waals surface area contributed by atoms with Crippen molar-refractivity contribution in [3.05, 3.63) is 54.1 Å². The number of hydrogen-bond acceptors (Lipinski definition) is 5. The molecular formula is C23H26F2N2O4. The number of methoxy groups -OCH3 is 1. The van der Waals surface area contributed by atoms with Crippen molar-refractivity contribution < 1.29 is 27.8 Å². The first-order valence-corrected chi connectivity index (χ1v) is 10.1. The van der Waals surface area contributed by atoms with Gasteiger partial charge in [-0.25, -0.2) is 0 Å². The lowest BCUT2D eigenvalue weighted by molar-refractivity contribution is -0.126. The average Bonchev–Trinajstić information content (AvgIpc) is 2.79. The van der Waals surface area contributed by atoms with Crippen molar-refractivity contribution in [3.63, 3.8) is 0 Å². The molecule has 1 aliphatic heterocycles. The molecule has 0 aliphatic carbocycles. The molecule has 1 saturated heterocycles. The number of nitrogens with zero attached hydrogens (tertiary/aromatic N) is 2. The lowest BCUT2D eigenvalue weighted by atomic mass is 10.1. The Morgan fingerprint density at radius 2 is 1.77 bits per heavy atom. The van der Waals surface area contributed by atoms with Crippen LogP contribution in [0.15, 0.2) is 48.5 Å². The van der Waals surface area contributed by atoms with Gasteiger partial charge in [0.15, 0.2) is 11.5 Å². The van der Waals surface area contributed by atoms with Gasteiger partial charge >= 0.3 is 6.61 Å². The second-order valence-electron chi connectivity index (χ2n) is 6.86. The molecule has 31 heavy (non-hydrogen) atoms. The van der Waals surface area contributed by atoms with E-state index in [-0.39, 0.29) is 17.4 Å². The molecule has 166 valence electrons. The Kier molecular flexibility index (Phi) is 7.70. The lowest BCUT2D eigenvalue weighted by Crippen LogP contribution is -2.48. The molecule has 1 aliphatic rings. The maximum absolute atomic E-state index is 12.6. The van der Waals surface area contributed by atoms with E-state index in [0.717, 1.165) is 24.5 Å². The second-order valence-corrected chi connectivity index (χ2v) is 6.86. The molecule has 1 fully saturated rings. The number of amides is 1. The highest BCUT2D eigenvalue weighted by atomic mass is 19.3. The van der Waals surface area contributed by atoms with Gasteiger partial charge in [0.05, 0.1) is 13.7 Å². The van der Waals surface area contributed by atoms with Crippen molar-refractivity contribution in [1.29, 1.82) is 0 Å². The fourth-order valence-corrected chi connectivity index (χ4v) is 3.34. The first-order valence-electron chi connectivity index (χ1n) is 10.1. The number of carbonyl (C=O) groups excluding carboxylic acids is 1. The molecule has 2 aromatic carbocycles.